The molecule has 532 valence electrons. The first-order valence-electron chi connectivity index (χ1n) is 41.2. The molecular formula is C84H161NO5. The Labute approximate surface area is 564 Å². The monoisotopic (exact) mass is 1260 g/mol. The fourth-order valence-electron chi connectivity index (χ4n) is 13.1. The van der Waals surface area contributed by atoms with Crippen molar-refractivity contribution in [3.63, 3.8) is 0 Å². The number of carbonyl (C=O) groups excluding carboxylic acids is 2. The molecule has 0 aliphatic heterocycles. The van der Waals surface area contributed by atoms with Crippen molar-refractivity contribution < 1.29 is 24.5 Å². The highest BCUT2D eigenvalue weighted by atomic mass is 16.5. The molecule has 0 radical (unpaired) electrons. The van der Waals surface area contributed by atoms with Crippen LogP contribution in [0.15, 0.2) is 36.5 Å². The first-order chi connectivity index (χ1) is 44.5. The Morgan fingerprint density at radius 3 is 0.856 bits per heavy atom. The Kier molecular flexibility index (Phi) is 77.8. The quantitative estimate of drug-likeness (QED) is 0.0320. The molecule has 0 aromatic heterocycles. The van der Waals surface area contributed by atoms with Crippen LogP contribution in [0.3, 0.4) is 0 Å². The van der Waals surface area contributed by atoms with Crippen molar-refractivity contribution in [2.75, 3.05) is 13.2 Å². The van der Waals surface area contributed by atoms with Gasteiger partial charge in [-0.25, -0.2) is 0 Å². The van der Waals surface area contributed by atoms with Crippen LogP contribution in [0.25, 0.3) is 0 Å². The molecule has 6 heteroatoms. The van der Waals surface area contributed by atoms with Crippen LogP contribution in [0.4, 0.5) is 0 Å². The molecule has 3 N–H and O–H groups in total. The number of rotatable bonds is 78. The highest BCUT2D eigenvalue weighted by molar-refractivity contribution is 5.76. The number of allylic oxidation sites excluding steroid dienone is 6. The molecule has 0 aromatic rings. The predicted octanol–water partition coefficient (Wildman–Crippen LogP) is 27.4. The SMILES string of the molecule is CCCCCCCCC/C=C\CCCCCCCCCC(=O)OCCCCCCCCCCCCCCCCC/C=C\C/C=C\CCCCCCCCCCCCCCCCCCCC(=O)NC(CO)C(O)CCCCCCCCCCCCCCCCCC. The van der Waals surface area contributed by atoms with Gasteiger partial charge in [0.25, 0.3) is 0 Å². The second kappa shape index (κ2) is 79.5. The number of aliphatic hydroxyl groups excluding tert-OH is 2. The Morgan fingerprint density at radius 1 is 0.311 bits per heavy atom. The molecule has 0 spiro atoms. The normalized spacial score (nSPS) is 12.6. The summed E-state index contributed by atoms with van der Waals surface area (Å²) in [6.07, 6.45) is 104. The van der Waals surface area contributed by atoms with Crippen molar-refractivity contribution >= 4 is 11.9 Å². The van der Waals surface area contributed by atoms with E-state index in [0.717, 1.165) is 51.4 Å². The van der Waals surface area contributed by atoms with E-state index in [0.29, 0.717) is 25.9 Å². The van der Waals surface area contributed by atoms with E-state index >= 15 is 0 Å². The van der Waals surface area contributed by atoms with Crippen molar-refractivity contribution in [3.8, 4) is 0 Å². The van der Waals surface area contributed by atoms with Crippen molar-refractivity contribution in [3.05, 3.63) is 36.5 Å². The Balaban J connectivity index is 3.34. The average molecular weight is 1270 g/mol. The zero-order chi connectivity index (χ0) is 64.9. The van der Waals surface area contributed by atoms with Crippen LogP contribution in [0, 0.1) is 0 Å². The summed E-state index contributed by atoms with van der Waals surface area (Å²) in [7, 11) is 0. The molecule has 0 saturated carbocycles. The average Bonchev–Trinajstić information content (AvgIpc) is 3.72. The zero-order valence-corrected chi connectivity index (χ0v) is 61.1. The summed E-state index contributed by atoms with van der Waals surface area (Å²) >= 11 is 0. The van der Waals surface area contributed by atoms with Crippen LogP contribution in [0.2, 0.25) is 0 Å². The number of nitrogens with one attached hydrogen (secondary N) is 1. The number of unbranched alkanes of at least 4 members (excludes halogenated alkanes) is 61. The Morgan fingerprint density at radius 2 is 0.556 bits per heavy atom. The van der Waals surface area contributed by atoms with Gasteiger partial charge in [0.15, 0.2) is 0 Å². The van der Waals surface area contributed by atoms with Crippen molar-refractivity contribution in [2.24, 2.45) is 0 Å². The van der Waals surface area contributed by atoms with E-state index in [1.807, 2.05) is 0 Å². The topological polar surface area (TPSA) is 95.9 Å². The van der Waals surface area contributed by atoms with E-state index in [1.54, 1.807) is 0 Å². The van der Waals surface area contributed by atoms with Crippen LogP contribution in [0.5, 0.6) is 0 Å². The smallest absolute Gasteiger partial charge is 0.305 e. The lowest BCUT2D eigenvalue weighted by Gasteiger charge is -2.22. The predicted molar refractivity (Wildman–Crippen MR) is 398 cm³/mol. The van der Waals surface area contributed by atoms with Gasteiger partial charge in [0.1, 0.15) is 0 Å². The summed E-state index contributed by atoms with van der Waals surface area (Å²) in [6, 6.07) is -0.539. The van der Waals surface area contributed by atoms with E-state index in [1.165, 1.54) is 379 Å². The Bertz CT molecular complexity index is 1460. The maximum atomic E-state index is 12.5. The van der Waals surface area contributed by atoms with Gasteiger partial charge in [-0.05, 0) is 83.5 Å². The summed E-state index contributed by atoms with van der Waals surface area (Å²) in [5.74, 6) is -0.00990. The van der Waals surface area contributed by atoms with E-state index in [-0.39, 0.29) is 18.5 Å². The maximum Gasteiger partial charge on any atom is 0.305 e. The highest BCUT2D eigenvalue weighted by Gasteiger charge is 2.20. The summed E-state index contributed by atoms with van der Waals surface area (Å²) in [5, 5.41) is 23.4. The third-order valence-electron chi connectivity index (χ3n) is 19.4. The minimum atomic E-state index is -0.662. The molecule has 6 nitrogen and oxygen atoms in total. The number of amides is 1. The second-order valence-electron chi connectivity index (χ2n) is 28.5. The van der Waals surface area contributed by atoms with E-state index in [2.05, 4.69) is 55.6 Å². The highest BCUT2D eigenvalue weighted by Crippen LogP contribution is 2.20. The second-order valence-corrected chi connectivity index (χ2v) is 28.5. The maximum absolute atomic E-state index is 12.5. The minimum absolute atomic E-state index is 0.0182. The van der Waals surface area contributed by atoms with Gasteiger partial charge >= 0.3 is 5.97 Å². The van der Waals surface area contributed by atoms with E-state index in [4.69, 9.17) is 4.74 Å². The van der Waals surface area contributed by atoms with Crippen LogP contribution in [0.1, 0.15) is 463 Å². The molecule has 0 aliphatic carbocycles. The molecule has 0 heterocycles. The molecule has 0 bridgehead atoms. The van der Waals surface area contributed by atoms with Crippen LogP contribution < -0.4 is 5.32 Å². The van der Waals surface area contributed by atoms with Gasteiger partial charge in [-0.3, -0.25) is 9.59 Å². The molecular weight excluding hydrogens is 1100 g/mol. The fraction of sp³-hybridized carbons (Fsp3) is 0.905. The van der Waals surface area contributed by atoms with Crippen molar-refractivity contribution in [1.82, 2.24) is 5.32 Å². The lowest BCUT2D eigenvalue weighted by molar-refractivity contribution is -0.143. The van der Waals surface area contributed by atoms with Crippen LogP contribution in [-0.4, -0.2) is 47.4 Å². The third kappa shape index (κ3) is 75.1. The standard InChI is InChI=1S/C84H161NO5/c1-3-5-7-9-11-13-15-17-19-21-46-50-54-58-62-66-70-74-78-84(89)90-79-75-71-67-63-59-55-51-47-44-42-40-38-36-34-32-30-28-26-24-22-23-25-27-29-31-33-35-37-39-41-43-45-49-53-57-61-65-69-73-77-83(88)85-81(80-86)82(87)76-72-68-64-60-56-52-48-20-18-16-14-12-10-8-6-4-2/h19,21-23,26,28,81-82,86-87H,3-18,20,24-25,27,29-80H2,1-2H3,(H,85,88)/b21-19-,23-22-,28-26-. The first-order valence-corrected chi connectivity index (χ1v) is 41.2. The number of esters is 1. The molecule has 2 unspecified atom stereocenters. The molecule has 0 fully saturated rings. The van der Waals surface area contributed by atoms with Crippen molar-refractivity contribution in [1.29, 1.82) is 0 Å². The Hall–Kier alpha value is -1.92. The van der Waals surface area contributed by atoms with Gasteiger partial charge in [0, 0.05) is 12.8 Å². The largest absolute Gasteiger partial charge is 0.466 e. The fourth-order valence-corrected chi connectivity index (χ4v) is 13.1. The summed E-state index contributed by atoms with van der Waals surface area (Å²) in [4.78, 5) is 24.7. The van der Waals surface area contributed by atoms with Gasteiger partial charge in [-0.2, -0.15) is 0 Å². The number of hydrogen-bond acceptors (Lipinski definition) is 5. The molecule has 0 saturated heterocycles. The molecule has 90 heavy (non-hydrogen) atoms. The first kappa shape index (κ1) is 88.1. The molecule has 0 aliphatic rings. The number of aliphatic hydroxyl groups is 2. The number of carbonyl (C=O) groups is 2. The minimum Gasteiger partial charge on any atom is -0.466 e. The zero-order valence-electron chi connectivity index (χ0n) is 61.1. The summed E-state index contributed by atoms with van der Waals surface area (Å²) < 4.78 is 5.51. The molecule has 2 atom stereocenters. The third-order valence-corrected chi connectivity index (χ3v) is 19.4. The van der Waals surface area contributed by atoms with Gasteiger partial charge in [-0.15, -0.1) is 0 Å². The van der Waals surface area contributed by atoms with Gasteiger partial charge in [0.2, 0.25) is 5.91 Å². The molecule has 1 amide bonds. The van der Waals surface area contributed by atoms with E-state index < -0.39 is 12.1 Å². The summed E-state index contributed by atoms with van der Waals surface area (Å²) in [6.45, 7) is 5.00. The molecule has 0 aromatic carbocycles. The van der Waals surface area contributed by atoms with Gasteiger partial charge < -0.3 is 20.3 Å². The van der Waals surface area contributed by atoms with Gasteiger partial charge in [-0.1, -0.05) is 403 Å². The summed E-state index contributed by atoms with van der Waals surface area (Å²) in [5.41, 5.74) is 0. The van der Waals surface area contributed by atoms with Crippen molar-refractivity contribution in [2.45, 2.75) is 475 Å². The lowest BCUT2D eigenvalue weighted by Crippen LogP contribution is -2.45. The lowest BCUT2D eigenvalue weighted by atomic mass is 10.0. The van der Waals surface area contributed by atoms with Gasteiger partial charge in [0.05, 0.1) is 25.4 Å². The van der Waals surface area contributed by atoms with E-state index in [9.17, 15) is 19.8 Å². The number of ether oxygens (including phenoxy) is 1. The molecule has 0 rings (SSSR count). The number of hydrogen-bond donors (Lipinski definition) is 3. The van der Waals surface area contributed by atoms with Crippen LogP contribution in [-0.2, 0) is 14.3 Å². The van der Waals surface area contributed by atoms with Crippen LogP contribution >= 0.6 is 0 Å².